The van der Waals surface area contributed by atoms with Crippen LogP contribution in [0.25, 0.3) is 0 Å². The Balaban J connectivity index is 2.63. The van der Waals surface area contributed by atoms with Gasteiger partial charge in [0.2, 0.25) is 0 Å². The van der Waals surface area contributed by atoms with Crippen LogP contribution >= 0.6 is 0 Å². The van der Waals surface area contributed by atoms with Crippen molar-refractivity contribution in [1.29, 1.82) is 0 Å². The number of rotatable bonds is 3. The van der Waals surface area contributed by atoms with Gasteiger partial charge in [0.15, 0.2) is 0 Å². The molecule has 0 bridgehead atoms. The van der Waals surface area contributed by atoms with Gasteiger partial charge in [-0.2, -0.15) is 0 Å². The molecule has 0 aliphatic carbocycles. The molecule has 3 nitrogen and oxygen atoms in total. The monoisotopic (exact) mass is 153 g/mol. The second kappa shape index (κ2) is 3.51. The van der Waals surface area contributed by atoms with Gasteiger partial charge < -0.3 is 0 Å². The second-order valence-electron chi connectivity index (χ2n) is 2.84. The van der Waals surface area contributed by atoms with Crippen LogP contribution in [0, 0.1) is 13.8 Å². The molecule has 11 heavy (non-hydrogen) atoms. The first-order valence-electron chi connectivity index (χ1n) is 4.12. The second-order valence-corrected chi connectivity index (χ2v) is 2.84. The summed E-state index contributed by atoms with van der Waals surface area (Å²) in [6, 6.07) is 0. The Labute approximate surface area is 67.4 Å². The van der Waals surface area contributed by atoms with Crippen molar-refractivity contribution >= 4 is 0 Å². The number of aromatic nitrogens is 3. The first-order valence-corrected chi connectivity index (χ1v) is 4.12. The number of unbranched alkanes of at least 4 members (excludes halogenated alkanes) is 1. The maximum absolute atomic E-state index is 4.02. The number of hydrogen-bond donors (Lipinski definition) is 0. The van der Waals surface area contributed by atoms with Crippen LogP contribution in [0.1, 0.15) is 31.2 Å². The maximum Gasteiger partial charge on any atom is 0.0825 e. The highest BCUT2D eigenvalue weighted by molar-refractivity contribution is 5.04. The minimum absolute atomic E-state index is 1.00. The minimum atomic E-state index is 1.00. The lowest BCUT2D eigenvalue weighted by Gasteiger charge is -1.99. The van der Waals surface area contributed by atoms with Crippen LogP contribution in [-0.2, 0) is 6.54 Å². The van der Waals surface area contributed by atoms with Crippen molar-refractivity contribution in [1.82, 2.24) is 15.0 Å². The highest BCUT2D eigenvalue weighted by atomic mass is 15.4. The fourth-order valence-electron chi connectivity index (χ4n) is 0.968. The van der Waals surface area contributed by atoms with Gasteiger partial charge in [-0.15, -0.1) is 5.10 Å². The Morgan fingerprint density at radius 2 is 2.09 bits per heavy atom. The summed E-state index contributed by atoms with van der Waals surface area (Å²) < 4.78 is 1.97. The molecule has 0 unspecified atom stereocenters. The van der Waals surface area contributed by atoms with Gasteiger partial charge in [0.1, 0.15) is 0 Å². The van der Waals surface area contributed by atoms with Gasteiger partial charge in [0.05, 0.1) is 11.4 Å². The first-order chi connectivity index (χ1) is 5.25. The van der Waals surface area contributed by atoms with Gasteiger partial charge in [-0.05, 0) is 20.3 Å². The van der Waals surface area contributed by atoms with Crippen molar-refractivity contribution in [3.8, 4) is 0 Å². The average Bonchev–Trinajstić information content (AvgIpc) is 2.31. The molecule has 0 aromatic carbocycles. The summed E-state index contributed by atoms with van der Waals surface area (Å²) in [5, 5.41) is 8.00. The average molecular weight is 153 g/mol. The normalized spacial score (nSPS) is 10.5. The highest BCUT2D eigenvalue weighted by Crippen LogP contribution is 2.02. The molecule has 1 heterocycles. The molecule has 1 rings (SSSR count). The van der Waals surface area contributed by atoms with E-state index in [1.807, 2.05) is 11.6 Å². The van der Waals surface area contributed by atoms with Gasteiger partial charge in [0, 0.05) is 6.54 Å². The standard InChI is InChI=1S/C8H15N3/c1-4-5-6-11-8(3)7(2)9-10-11/h4-6H2,1-3H3. The van der Waals surface area contributed by atoms with Gasteiger partial charge in [-0.1, -0.05) is 18.6 Å². The zero-order chi connectivity index (χ0) is 8.27. The summed E-state index contributed by atoms with van der Waals surface area (Å²) >= 11 is 0. The Kier molecular flexibility index (Phi) is 2.63. The largest absolute Gasteiger partial charge is 0.249 e. The molecule has 0 N–H and O–H groups in total. The Morgan fingerprint density at radius 3 is 2.55 bits per heavy atom. The summed E-state index contributed by atoms with van der Waals surface area (Å²) in [4.78, 5) is 0. The van der Waals surface area contributed by atoms with Crippen molar-refractivity contribution in [3.63, 3.8) is 0 Å². The minimum Gasteiger partial charge on any atom is -0.249 e. The molecule has 0 amide bonds. The third kappa shape index (κ3) is 1.79. The lowest BCUT2D eigenvalue weighted by Crippen LogP contribution is -2.02. The van der Waals surface area contributed by atoms with Crippen LogP contribution in [0.4, 0.5) is 0 Å². The van der Waals surface area contributed by atoms with E-state index in [2.05, 4.69) is 24.2 Å². The van der Waals surface area contributed by atoms with Crippen LogP contribution in [0.15, 0.2) is 0 Å². The molecule has 0 saturated heterocycles. The molecule has 1 aromatic rings. The third-order valence-corrected chi connectivity index (χ3v) is 1.94. The predicted octanol–water partition coefficient (Wildman–Crippen LogP) is 1.70. The lowest BCUT2D eigenvalue weighted by atomic mass is 10.3. The maximum atomic E-state index is 4.02. The fraction of sp³-hybridized carbons (Fsp3) is 0.750. The van der Waals surface area contributed by atoms with Gasteiger partial charge >= 0.3 is 0 Å². The lowest BCUT2D eigenvalue weighted by molar-refractivity contribution is 0.542. The molecule has 0 saturated carbocycles. The van der Waals surface area contributed by atoms with E-state index >= 15 is 0 Å². The smallest absolute Gasteiger partial charge is 0.0825 e. The summed E-state index contributed by atoms with van der Waals surface area (Å²) in [7, 11) is 0. The van der Waals surface area contributed by atoms with E-state index in [1.165, 1.54) is 18.5 Å². The molecule has 0 aliphatic rings. The first kappa shape index (κ1) is 8.24. The Bertz CT molecular complexity index is 227. The summed E-state index contributed by atoms with van der Waals surface area (Å²) in [6.45, 7) is 7.23. The van der Waals surface area contributed by atoms with E-state index in [4.69, 9.17) is 0 Å². The van der Waals surface area contributed by atoms with Crippen molar-refractivity contribution < 1.29 is 0 Å². The van der Waals surface area contributed by atoms with Crippen molar-refractivity contribution in [2.24, 2.45) is 0 Å². The van der Waals surface area contributed by atoms with E-state index in [1.54, 1.807) is 0 Å². The van der Waals surface area contributed by atoms with Crippen LogP contribution in [0.3, 0.4) is 0 Å². The highest BCUT2D eigenvalue weighted by Gasteiger charge is 2.01. The van der Waals surface area contributed by atoms with E-state index in [0.29, 0.717) is 0 Å². The van der Waals surface area contributed by atoms with E-state index in [-0.39, 0.29) is 0 Å². The topological polar surface area (TPSA) is 30.7 Å². The molecule has 0 radical (unpaired) electrons. The zero-order valence-electron chi connectivity index (χ0n) is 7.46. The van der Waals surface area contributed by atoms with E-state index in [9.17, 15) is 0 Å². The summed E-state index contributed by atoms with van der Waals surface area (Å²) in [5.41, 5.74) is 2.24. The van der Waals surface area contributed by atoms with Gasteiger partial charge in [-0.25, -0.2) is 4.68 Å². The van der Waals surface area contributed by atoms with Crippen LogP contribution < -0.4 is 0 Å². The van der Waals surface area contributed by atoms with Crippen molar-refractivity contribution in [2.45, 2.75) is 40.2 Å². The quantitative estimate of drug-likeness (QED) is 0.661. The molecule has 62 valence electrons. The van der Waals surface area contributed by atoms with Gasteiger partial charge in [-0.3, -0.25) is 0 Å². The molecule has 3 heteroatoms. The Morgan fingerprint density at radius 1 is 1.36 bits per heavy atom. The van der Waals surface area contributed by atoms with Crippen LogP contribution in [-0.4, -0.2) is 15.0 Å². The molecule has 1 aromatic heterocycles. The number of aryl methyl sites for hydroxylation is 2. The predicted molar refractivity (Wildman–Crippen MR) is 44.4 cm³/mol. The van der Waals surface area contributed by atoms with Crippen LogP contribution in [0.5, 0.6) is 0 Å². The summed E-state index contributed by atoms with van der Waals surface area (Å²) in [6.07, 6.45) is 2.39. The third-order valence-electron chi connectivity index (χ3n) is 1.94. The van der Waals surface area contributed by atoms with Gasteiger partial charge in [0.25, 0.3) is 0 Å². The Hall–Kier alpha value is -0.860. The van der Waals surface area contributed by atoms with Crippen molar-refractivity contribution in [3.05, 3.63) is 11.4 Å². The molecule has 0 fully saturated rings. The van der Waals surface area contributed by atoms with Crippen LogP contribution in [0.2, 0.25) is 0 Å². The molecule has 0 aliphatic heterocycles. The molecular weight excluding hydrogens is 138 g/mol. The fourth-order valence-corrected chi connectivity index (χ4v) is 0.968. The van der Waals surface area contributed by atoms with E-state index < -0.39 is 0 Å². The summed E-state index contributed by atoms with van der Waals surface area (Å²) in [5.74, 6) is 0. The zero-order valence-corrected chi connectivity index (χ0v) is 7.46. The molecular formula is C8H15N3. The van der Waals surface area contributed by atoms with Crippen molar-refractivity contribution in [2.75, 3.05) is 0 Å². The number of hydrogen-bond acceptors (Lipinski definition) is 2. The SMILES string of the molecule is CCCCn1nnc(C)c1C. The molecule has 0 atom stereocenters. The van der Waals surface area contributed by atoms with E-state index in [0.717, 1.165) is 12.2 Å². The number of nitrogens with zero attached hydrogens (tertiary/aromatic N) is 3. The molecule has 0 spiro atoms.